The molecule has 1 aromatic rings. The number of aryl methyl sites for hydroxylation is 1. The van der Waals surface area contributed by atoms with Crippen molar-refractivity contribution in [3.8, 4) is 0 Å². The number of aliphatic hydroxyl groups is 2. The van der Waals surface area contributed by atoms with Crippen LogP contribution in [0.3, 0.4) is 0 Å². The molecule has 2 heterocycles. The molecule has 0 aliphatic carbocycles. The van der Waals surface area contributed by atoms with Gasteiger partial charge in [0.15, 0.2) is 0 Å². The van der Waals surface area contributed by atoms with Crippen LogP contribution in [0.25, 0.3) is 0 Å². The fraction of sp³-hybridized carbons (Fsp3) is 0.667. The summed E-state index contributed by atoms with van der Waals surface area (Å²) in [7, 11) is 3.64. The van der Waals surface area contributed by atoms with E-state index in [0.717, 1.165) is 24.5 Å². The number of cyclic esters (lactones) is 1. The van der Waals surface area contributed by atoms with Crippen molar-refractivity contribution < 1.29 is 56.3 Å². The molecule has 0 bridgehead atoms. The second-order valence-electron chi connectivity index (χ2n) is 10.9. The maximum absolute atomic E-state index is 11.9. The smallest absolute Gasteiger partial charge is 0.321 e. The van der Waals surface area contributed by atoms with Crippen molar-refractivity contribution in [2.75, 3.05) is 46.8 Å². The van der Waals surface area contributed by atoms with Crippen molar-refractivity contribution >= 4 is 23.8 Å². The Labute approximate surface area is 277 Å². The molecular formula is C30H51MnN6O8-. The molecule has 1 aliphatic rings. The Morgan fingerprint density at radius 3 is 2.20 bits per heavy atom. The van der Waals surface area contributed by atoms with Gasteiger partial charge in [-0.25, -0.2) is 0 Å². The second kappa shape index (κ2) is 22.8. The number of carboxylic acids is 1. The van der Waals surface area contributed by atoms with Gasteiger partial charge in [-0.2, -0.15) is 0 Å². The van der Waals surface area contributed by atoms with Crippen LogP contribution in [0.15, 0.2) is 18.2 Å². The van der Waals surface area contributed by atoms with Crippen LogP contribution >= 0.6 is 0 Å². The van der Waals surface area contributed by atoms with E-state index in [1.54, 1.807) is 23.8 Å². The van der Waals surface area contributed by atoms with E-state index < -0.39 is 42.1 Å². The van der Waals surface area contributed by atoms with Crippen molar-refractivity contribution in [1.29, 1.82) is 0 Å². The van der Waals surface area contributed by atoms with Crippen LogP contribution in [0.5, 0.6) is 0 Å². The van der Waals surface area contributed by atoms with E-state index in [1.807, 2.05) is 39.1 Å². The number of carboxylic acid groups (broad SMARTS) is 1. The van der Waals surface area contributed by atoms with Gasteiger partial charge in [-0.05, 0) is 59.1 Å². The minimum absolute atomic E-state index is 0. The first-order valence-electron chi connectivity index (χ1n) is 15.0. The Hall–Kier alpha value is -2.65. The number of nitrogens with one attached hydrogen (secondary N) is 2. The number of carbonyl (C=O) groups is 4. The van der Waals surface area contributed by atoms with Crippen molar-refractivity contribution in [3.63, 3.8) is 0 Å². The number of likely N-dealkylation sites (N-methyl/N-ethyl adjacent to an activating group) is 2. The van der Waals surface area contributed by atoms with Crippen molar-refractivity contribution in [2.45, 2.75) is 84.2 Å². The van der Waals surface area contributed by atoms with E-state index in [9.17, 15) is 34.5 Å². The molecule has 45 heavy (non-hydrogen) atoms. The fourth-order valence-corrected chi connectivity index (χ4v) is 3.99. The average Bonchev–Trinajstić information content (AvgIpc) is 3.34. The number of ether oxygens (including phenoxy) is 1. The van der Waals surface area contributed by atoms with E-state index in [2.05, 4.69) is 27.4 Å². The maximum atomic E-state index is 11.9. The SMILES string of the molecule is CCC(O)CNC(=O)CC(C(=O)O)N(C)Cc1cccc(C)n1.CCC(O)CNC(=O)CC1C(=O)O[CH-]N1CCN(C)CC.[Mn]. The number of carbonyl (C=O) groups excluding carboxylic acids is 3. The van der Waals surface area contributed by atoms with Crippen LogP contribution in [-0.2, 0) is 47.5 Å². The molecule has 0 saturated carbocycles. The summed E-state index contributed by atoms with van der Waals surface area (Å²) in [6.07, 6.45) is -0.187. The number of hydrogen-bond donors (Lipinski definition) is 5. The molecule has 0 spiro atoms. The summed E-state index contributed by atoms with van der Waals surface area (Å²) >= 11 is 0. The van der Waals surface area contributed by atoms with Crippen molar-refractivity contribution in [1.82, 2.24) is 30.3 Å². The molecule has 5 N–H and O–H groups in total. The van der Waals surface area contributed by atoms with Gasteiger partial charge < -0.3 is 40.5 Å². The molecular weight excluding hydrogens is 627 g/mol. The zero-order valence-electron chi connectivity index (χ0n) is 27.2. The van der Waals surface area contributed by atoms with Gasteiger partial charge in [-0.15, -0.1) is 0 Å². The molecule has 1 fully saturated rings. The molecule has 257 valence electrons. The monoisotopic (exact) mass is 678 g/mol. The molecule has 0 aromatic carbocycles. The van der Waals surface area contributed by atoms with E-state index in [0.29, 0.717) is 25.9 Å². The Morgan fingerprint density at radius 2 is 1.67 bits per heavy atom. The van der Waals surface area contributed by atoms with E-state index in [-0.39, 0.29) is 48.9 Å². The number of hydrogen-bond acceptors (Lipinski definition) is 11. The summed E-state index contributed by atoms with van der Waals surface area (Å²) in [4.78, 5) is 56.6. The number of nitrogens with zero attached hydrogens (tertiary/aromatic N) is 4. The third-order valence-electron chi connectivity index (χ3n) is 7.20. The van der Waals surface area contributed by atoms with Crippen LogP contribution in [-0.4, -0.2) is 130 Å². The van der Waals surface area contributed by atoms with Gasteiger partial charge >= 0.3 is 5.97 Å². The molecule has 1 aliphatic heterocycles. The number of aromatic nitrogens is 1. The molecule has 2 rings (SSSR count). The van der Waals surface area contributed by atoms with Crippen LogP contribution < -0.4 is 10.6 Å². The third-order valence-corrected chi connectivity index (χ3v) is 7.20. The van der Waals surface area contributed by atoms with Gasteiger partial charge in [0, 0.05) is 48.9 Å². The van der Waals surface area contributed by atoms with Gasteiger partial charge in [-0.3, -0.25) is 29.1 Å². The average molecular weight is 679 g/mol. The Bertz CT molecular complexity index is 1050. The summed E-state index contributed by atoms with van der Waals surface area (Å²) in [5.41, 5.74) is 1.61. The minimum Gasteiger partial charge on any atom is -0.621 e. The van der Waals surface area contributed by atoms with E-state index in [4.69, 9.17) is 4.74 Å². The molecule has 1 aromatic heterocycles. The summed E-state index contributed by atoms with van der Waals surface area (Å²) in [6.45, 7) is 12.0. The quantitative estimate of drug-likeness (QED) is 0.0804. The fourth-order valence-electron chi connectivity index (χ4n) is 3.99. The standard InChI is InChI=1S/C16H25N3O4.C14H26N3O4.Mn/c1-4-13(20)9-17-15(21)8-14(16(22)23)19(3)10-12-7-5-6-11(2)18-12;1-4-11(18)9-15-13(19)8-12-14(20)21-10-17(12)7-6-16(3)5-2;/h5-7,13-14,20H,4,8-10H2,1-3H3,(H,17,21)(H,22,23);10-12,18H,4-9H2,1-3H3,(H,15,19);/q;-1;. The van der Waals surface area contributed by atoms with Gasteiger partial charge in [0.2, 0.25) is 11.8 Å². The topological polar surface area (TPSA) is 185 Å². The molecule has 4 unspecified atom stereocenters. The van der Waals surface area contributed by atoms with Crippen molar-refractivity contribution in [3.05, 3.63) is 36.3 Å². The number of aliphatic hydroxyl groups excluding tert-OH is 2. The largest absolute Gasteiger partial charge is 0.621 e. The second-order valence-corrected chi connectivity index (χ2v) is 10.9. The minimum atomic E-state index is -1.06. The van der Waals surface area contributed by atoms with Gasteiger partial charge in [-0.1, -0.05) is 33.6 Å². The summed E-state index contributed by atoms with van der Waals surface area (Å²) in [5.74, 6) is -2.12. The predicted molar refractivity (Wildman–Crippen MR) is 164 cm³/mol. The first kappa shape index (κ1) is 42.3. The Balaban J connectivity index is 0.000000845. The number of pyridine rings is 1. The van der Waals surface area contributed by atoms with Crippen LogP contribution in [0.4, 0.5) is 0 Å². The number of aliphatic carboxylic acids is 1. The molecule has 2 amide bonds. The number of amides is 2. The van der Waals surface area contributed by atoms with Crippen LogP contribution in [0.2, 0.25) is 0 Å². The maximum Gasteiger partial charge on any atom is 0.321 e. The van der Waals surface area contributed by atoms with E-state index >= 15 is 0 Å². The predicted octanol–water partition coefficient (Wildman–Crippen LogP) is 0.112. The molecule has 15 heteroatoms. The normalized spacial score (nSPS) is 16.6. The third kappa shape index (κ3) is 17.0. The zero-order valence-corrected chi connectivity index (χ0v) is 28.4. The van der Waals surface area contributed by atoms with Gasteiger partial charge in [0.1, 0.15) is 6.04 Å². The summed E-state index contributed by atoms with van der Waals surface area (Å²) in [6, 6.07) is 4.02. The molecule has 1 saturated heterocycles. The van der Waals surface area contributed by atoms with Crippen LogP contribution in [0.1, 0.15) is 57.8 Å². The first-order chi connectivity index (χ1) is 20.8. The Morgan fingerprint density at radius 1 is 1.07 bits per heavy atom. The number of esters is 1. The Kier molecular flexibility index (Phi) is 21.4. The van der Waals surface area contributed by atoms with Crippen molar-refractivity contribution in [2.24, 2.45) is 0 Å². The molecule has 4 atom stereocenters. The number of rotatable bonds is 18. The molecule has 14 nitrogen and oxygen atoms in total. The summed E-state index contributed by atoms with van der Waals surface area (Å²) < 4.78 is 4.91. The zero-order chi connectivity index (χ0) is 33.2. The van der Waals surface area contributed by atoms with Gasteiger partial charge in [0.25, 0.3) is 5.97 Å². The molecule has 1 radical (unpaired) electrons. The first-order valence-corrected chi connectivity index (χ1v) is 15.0. The summed E-state index contributed by atoms with van der Waals surface area (Å²) in [5, 5.41) is 33.4. The van der Waals surface area contributed by atoms with Gasteiger partial charge in [0.05, 0.1) is 36.8 Å². The van der Waals surface area contributed by atoms with Crippen LogP contribution in [0, 0.1) is 13.7 Å². The van der Waals surface area contributed by atoms with E-state index in [1.165, 1.54) is 6.73 Å².